The second-order valence-corrected chi connectivity index (χ2v) is 7.24. The van der Waals surface area contributed by atoms with Gasteiger partial charge in [-0.3, -0.25) is 9.58 Å². The predicted octanol–water partition coefficient (Wildman–Crippen LogP) is 1.53. The first kappa shape index (κ1) is 15.6. The fourth-order valence-electron chi connectivity index (χ4n) is 3.12. The molecule has 0 saturated carbocycles. The van der Waals surface area contributed by atoms with E-state index in [1.54, 1.807) is 11.3 Å². The Bertz CT molecular complexity index is 607. The molecule has 120 valence electrons. The fraction of sp³-hybridized carbons (Fsp3) is 0.667. The molecule has 0 aliphatic carbocycles. The zero-order valence-corrected chi connectivity index (χ0v) is 14.4. The number of aromatic nitrogens is 4. The van der Waals surface area contributed by atoms with Crippen molar-refractivity contribution in [1.29, 1.82) is 0 Å². The van der Waals surface area contributed by atoms with Gasteiger partial charge in [0.15, 0.2) is 0 Å². The number of rotatable bonds is 6. The summed E-state index contributed by atoms with van der Waals surface area (Å²) in [7, 11) is 4.17. The minimum Gasteiger partial charge on any atom is -0.301 e. The van der Waals surface area contributed by atoms with Crippen molar-refractivity contribution in [2.75, 3.05) is 26.7 Å². The van der Waals surface area contributed by atoms with Crippen molar-refractivity contribution in [1.82, 2.24) is 29.8 Å². The molecular formula is C15H24N6S. The second kappa shape index (κ2) is 6.85. The van der Waals surface area contributed by atoms with Gasteiger partial charge in [-0.25, -0.2) is 4.98 Å². The average Bonchev–Trinajstić information content (AvgIpc) is 3.17. The zero-order chi connectivity index (χ0) is 15.5. The molecule has 0 unspecified atom stereocenters. The van der Waals surface area contributed by atoms with Crippen molar-refractivity contribution in [3.8, 4) is 0 Å². The SMILES string of the molecule is Cc1ncsc1CN(C)C[C@@H]1CCN(Cc2cnnn2C)C1. The molecule has 2 aromatic heterocycles. The Balaban J connectivity index is 1.46. The van der Waals surface area contributed by atoms with Crippen molar-refractivity contribution >= 4 is 11.3 Å². The van der Waals surface area contributed by atoms with E-state index in [1.165, 1.54) is 29.2 Å². The molecule has 0 spiro atoms. The van der Waals surface area contributed by atoms with E-state index in [-0.39, 0.29) is 0 Å². The third kappa shape index (κ3) is 3.71. The van der Waals surface area contributed by atoms with E-state index in [0.717, 1.165) is 32.1 Å². The van der Waals surface area contributed by atoms with Crippen molar-refractivity contribution in [3.63, 3.8) is 0 Å². The fourth-order valence-corrected chi connectivity index (χ4v) is 3.97. The van der Waals surface area contributed by atoms with Crippen molar-refractivity contribution < 1.29 is 0 Å². The van der Waals surface area contributed by atoms with Gasteiger partial charge in [-0.05, 0) is 32.9 Å². The number of hydrogen-bond acceptors (Lipinski definition) is 6. The van der Waals surface area contributed by atoms with Gasteiger partial charge in [-0.15, -0.1) is 16.4 Å². The molecule has 0 aromatic carbocycles. The highest BCUT2D eigenvalue weighted by atomic mass is 32.1. The molecule has 3 heterocycles. The zero-order valence-electron chi connectivity index (χ0n) is 13.6. The van der Waals surface area contributed by atoms with Crippen LogP contribution in [-0.4, -0.2) is 56.5 Å². The normalized spacial score (nSPS) is 19.4. The van der Waals surface area contributed by atoms with E-state index in [4.69, 9.17) is 0 Å². The van der Waals surface area contributed by atoms with E-state index in [0.29, 0.717) is 0 Å². The molecule has 1 atom stereocenters. The smallest absolute Gasteiger partial charge is 0.0798 e. The molecule has 1 fully saturated rings. The van der Waals surface area contributed by atoms with Crippen LogP contribution in [0.25, 0.3) is 0 Å². The molecule has 1 aliphatic heterocycles. The highest BCUT2D eigenvalue weighted by Gasteiger charge is 2.24. The van der Waals surface area contributed by atoms with Crippen LogP contribution in [0.5, 0.6) is 0 Å². The van der Waals surface area contributed by atoms with Gasteiger partial charge in [-0.1, -0.05) is 5.21 Å². The highest BCUT2D eigenvalue weighted by molar-refractivity contribution is 7.09. The van der Waals surface area contributed by atoms with Crippen LogP contribution in [0.4, 0.5) is 0 Å². The van der Waals surface area contributed by atoms with Crippen LogP contribution in [0.2, 0.25) is 0 Å². The Morgan fingerprint density at radius 3 is 3.00 bits per heavy atom. The predicted molar refractivity (Wildman–Crippen MR) is 87.6 cm³/mol. The molecule has 0 radical (unpaired) electrons. The van der Waals surface area contributed by atoms with Crippen LogP contribution >= 0.6 is 11.3 Å². The van der Waals surface area contributed by atoms with Gasteiger partial charge < -0.3 is 4.90 Å². The summed E-state index contributed by atoms with van der Waals surface area (Å²) in [5.74, 6) is 0.749. The van der Waals surface area contributed by atoms with Gasteiger partial charge in [0.25, 0.3) is 0 Å². The van der Waals surface area contributed by atoms with Gasteiger partial charge in [0, 0.05) is 38.1 Å². The van der Waals surface area contributed by atoms with Crippen LogP contribution < -0.4 is 0 Å². The van der Waals surface area contributed by atoms with E-state index in [2.05, 4.69) is 39.1 Å². The first-order valence-electron chi connectivity index (χ1n) is 7.75. The number of nitrogens with zero attached hydrogens (tertiary/aromatic N) is 6. The number of likely N-dealkylation sites (tertiary alicyclic amines) is 1. The maximum absolute atomic E-state index is 4.33. The molecule has 2 aromatic rings. The average molecular weight is 320 g/mol. The Labute approximate surface area is 135 Å². The van der Waals surface area contributed by atoms with Crippen LogP contribution in [0.15, 0.2) is 11.7 Å². The molecule has 0 amide bonds. The molecule has 6 nitrogen and oxygen atoms in total. The summed E-state index contributed by atoms with van der Waals surface area (Å²) >= 11 is 1.76. The first-order chi connectivity index (χ1) is 10.6. The number of aryl methyl sites for hydroxylation is 2. The Morgan fingerprint density at radius 1 is 1.45 bits per heavy atom. The maximum atomic E-state index is 4.33. The van der Waals surface area contributed by atoms with E-state index >= 15 is 0 Å². The summed E-state index contributed by atoms with van der Waals surface area (Å²) in [6.07, 6.45) is 3.14. The summed E-state index contributed by atoms with van der Waals surface area (Å²) in [5, 5.41) is 7.96. The molecule has 3 rings (SSSR count). The van der Waals surface area contributed by atoms with Gasteiger partial charge in [0.05, 0.1) is 23.1 Å². The number of hydrogen-bond donors (Lipinski definition) is 0. The van der Waals surface area contributed by atoms with Gasteiger partial charge >= 0.3 is 0 Å². The molecule has 1 saturated heterocycles. The molecule has 1 aliphatic rings. The van der Waals surface area contributed by atoms with Crippen molar-refractivity contribution in [3.05, 3.63) is 28.0 Å². The molecule has 0 N–H and O–H groups in total. The standard InChI is InChI=1S/C15H24N6S/c1-12-15(22-11-16-12)10-19(2)7-13-4-5-21(8-13)9-14-6-17-18-20(14)3/h6,11,13H,4-5,7-10H2,1-3H3/t13-/m0/s1. The third-order valence-corrected chi connectivity index (χ3v) is 5.31. The number of thiazole rings is 1. The van der Waals surface area contributed by atoms with Gasteiger partial charge in [0.1, 0.15) is 0 Å². The lowest BCUT2D eigenvalue weighted by Gasteiger charge is -2.21. The second-order valence-electron chi connectivity index (χ2n) is 6.30. The lowest BCUT2D eigenvalue weighted by molar-refractivity contribution is 0.253. The van der Waals surface area contributed by atoms with Crippen LogP contribution in [0.3, 0.4) is 0 Å². The first-order valence-corrected chi connectivity index (χ1v) is 8.63. The largest absolute Gasteiger partial charge is 0.301 e. The summed E-state index contributed by atoms with van der Waals surface area (Å²) < 4.78 is 1.87. The minimum absolute atomic E-state index is 0.749. The molecule has 0 bridgehead atoms. The van der Waals surface area contributed by atoms with E-state index < -0.39 is 0 Å². The minimum atomic E-state index is 0.749. The lowest BCUT2D eigenvalue weighted by atomic mass is 10.1. The Hall–Kier alpha value is -1.31. The van der Waals surface area contributed by atoms with Gasteiger partial charge in [-0.2, -0.15) is 0 Å². The molecule has 22 heavy (non-hydrogen) atoms. The topological polar surface area (TPSA) is 50.1 Å². The van der Waals surface area contributed by atoms with Crippen LogP contribution in [0, 0.1) is 12.8 Å². The monoisotopic (exact) mass is 320 g/mol. The lowest BCUT2D eigenvalue weighted by Crippen LogP contribution is -2.28. The maximum Gasteiger partial charge on any atom is 0.0798 e. The van der Waals surface area contributed by atoms with E-state index in [9.17, 15) is 0 Å². The van der Waals surface area contributed by atoms with Crippen LogP contribution in [-0.2, 0) is 20.1 Å². The van der Waals surface area contributed by atoms with Crippen molar-refractivity contribution in [2.45, 2.75) is 26.4 Å². The Morgan fingerprint density at radius 2 is 2.32 bits per heavy atom. The molecular weight excluding hydrogens is 296 g/mol. The molecule has 7 heteroatoms. The Kier molecular flexibility index (Phi) is 4.85. The van der Waals surface area contributed by atoms with Gasteiger partial charge in [0.2, 0.25) is 0 Å². The summed E-state index contributed by atoms with van der Waals surface area (Å²) in [6, 6.07) is 0. The van der Waals surface area contributed by atoms with E-state index in [1.807, 2.05) is 23.4 Å². The summed E-state index contributed by atoms with van der Waals surface area (Å²) in [5.41, 5.74) is 4.31. The third-order valence-electron chi connectivity index (χ3n) is 4.39. The van der Waals surface area contributed by atoms with Crippen LogP contribution in [0.1, 0.15) is 22.7 Å². The summed E-state index contributed by atoms with van der Waals surface area (Å²) in [6.45, 7) is 7.55. The van der Waals surface area contributed by atoms with Crippen molar-refractivity contribution in [2.24, 2.45) is 13.0 Å². The highest BCUT2D eigenvalue weighted by Crippen LogP contribution is 2.21. The quantitative estimate of drug-likeness (QED) is 0.808. The summed E-state index contributed by atoms with van der Waals surface area (Å²) in [4.78, 5) is 10.7.